The van der Waals surface area contributed by atoms with E-state index in [4.69, 9.17) is 12.2 Å². The molecule has 4 aromatic rings. The average Bonchev–Trinajstić information content (AvgIpc) is 3.30. The molecule has 1 aliphatic heterocycles. The van der Waals surface area contributed by atoms with Crippen LogP contribution < -0.4 is 5.32 Å². The summed E-state index contributed by atoms with van der Waals surface area (Å²) in [4.78, 5) is 16.1. The van der Waals surface area contributed by atoms with E-state index in [1.54, 1.807) is 18.3 Å². The van der Waals surface area contributed by atoms with Gasteiger partial charge in [-0.15, -0.1) is 0 Å². The van der Waals surface area contributed by atoms with E-state index in [2.05, 4.69) is 10.3 Å². The first kappa shape index (κ1) is 22.5. The Bertz CT molecular complexity index is 1520. The molecule has 0 spiro atoms. The van der Waals surface area contributed by atoms with E-state index in [9.17, 15) is 13.2 Å². The predicted octanol–water partition coefficient (Wildman–Crippen LogP) is 4.73. The third-order valence-electron chi connectivity index (χ3n) is 6.22. The van der Waals surface area contributed by atoms with Gasteiger partial charge in [0.1, 0.15) is 0 Å². The molecule has 9 heteroatoms. The Kier molecular flexibility index (Phi) is 6.07. The molecule has 0 saturated carbocycles. The number of piperidine rings is 1. The lowest BCUT2D eigenvalue weighted by Crippen LogP contribution is -2.41. The largest absolute Gasteiger partial charge is 0.337 e. The number of carbonyl (C=O) groups excluding carboxylic acids is 1. The standard InChI is InChI=1S/C25H24N4O3S2/c30-24(27-21-6-3-7-22(17-21)29-15-12-26-25(29)33)19-10-13-28(14-11-19)34(31,32)23-9-8-18-4-1-2-5-20(18)16-23/h1-9,12,15-17,19H,10-11,13-14H2,(H,26,33)(H,27,30). The number of carbonyl (C=O) groups is 1. The number of aromatic amines is 1. The predicted molar refractivity (Wildman–Crippen MR) is 135 cm³/mol. The SMILES string of the molecule is O=C(Nc1cccc(-n2cc[nH]c2=S)c1)C1CCN(S(=O)(=O)c2ccc3ccccc3c2)CC1. The molecule has 0 unspecified atom stereocenters. The van der Waals surface area contributed by atoms with Gasteiger partial charge in [0, 0.05) is 42.8 Å². The van der Waals surface area contributed by atoms with E-state index in [1.165, 1.54) is 4.31 Å². The van der Waals surface area contributed by atoms with Crippen molar-refractivity contribution >= 4 is 44.6 Å². The van der Waals surface area contributed by atoms with Crippen molar-refractivity contribution in [3.05, 3.63) is 83.9 Å². The first-order valence-corrected chi connectivity index (χ1v) is 12.9. The maximum atomic E-state index is 13.2. The number of fused-ring (bicyclic) bond motifs is 1. The Morgan fingerprint density at radius 1 is 0.971 bits per heavy atom. The zero-order chi connectivity index (χ0) is 23.7. The van der Waals surface area contributed by atoms with Gasteiger partial charge in [-0.2, -0.15) is 4.31 Å². The molecular formula is C25H24N4O3S2. The zero-order valence-electron chi connectivity index (χ0n) is 18.3. The fraction of sp³-hybridized carbons (Fsp3) is 0.200. The summed E-state index contributed by atoms with van der Waals surface area (Å²) in [5, 5.41) is 4.86. The third-order valence-corrected chi connectivity index (χ3v) is 8.43. The topological polar surface area (TPSA) is 87.2 Å². The van der Waals surface area contributed by atoms with Crippen molar-refractivity contribution < 1.29 is 13.2 Å². The molecule has 2 heterocycles. The minimum Gasteiger partial charge on any atom is -0.337 e. The van der Waals surface area contributed by atoms with Crippen LogP contribution in [0.1, 0.15) is 12.8 Å². The number of nitrogens with one attached hydrogen (secondary N) is 2. The number of nitrogens with zero attached hydrogens (tertiary/aromatic N) is 2. The summed E-state index contributed by atoms with van der Waals surface area (Å²) in [6, 6.07) is 20.3. The van der Waals surface area contributed by atoms with Crippen molar-refractivity contribution in [1.29, 1.82) is 0 Å². The molecule has 3 aromatic carbocycles. The lowest BCUT2D eigenvalue weighted by molar-refractivity contribution is -0.120. The van der Waals surface area contributed by atoms with E-state index in [1.807, 2.05) is 65.4 Å². The first-order chi connectivity index (χ1) is 16.4. The van der Waals surface area contributed by atoms with E-state index >= 15 is 0 Å². The number of rotatable bonds is 5. The van der Waals surface area contributed by atoms with E-state index in [0.29, 0.717) is 36.4 Å². The summed E-state index contributed by atoms with van der Waals surface area (Å²) >= 11 is 5.27. The van der Waals surface area contributed by atoms with Crippen molar-refractivity contribution in [3.8, 4) is 5.69 Å². The summed E-state index contributed by atoms with van der Waals surface area (Å²) in [5.74, 6) is -0.348. The zero-order valence-corrected chi connectivity index (χ0v) is 20.0. The number of aromatic nitrogens is 2. The van der Waals surface area contributed by atoms with Crippen LogP contribution in [0.3, 0.4) is 0 Å². The molecule has 1 amide bonds. The summed E-state index contributed by atoms with van der Waals surface area (Å²) < 4.78 is 30.3. The second-order valence-electron chi connectivity index (χ2n) is 8.36. The molecule has 1 aliphatic rings. The van der Waals surface area contributed by atoms with Gasteiger partial charge in [-0.3, -0.25) is 9.36 Å². The van der Waals surface area contributed by atoms with Crippen LogP contribution in [0.5, 0.6) is 0 Å². The summed E-state index contributed by atoms with van der Waals surface area (Å²) in [5.41, 5.74) is 1.53. The Hall–Kier alpha value is -3.27. The van der Waals surface area contributed by atoms with Gasteiger partial charge in [0.15, 0.2) is 4.77 Å². The highest BCUT2D eigenvalue weighted by molar-refractivity contribution is 7.89. The Morgan fingerprint density at radius 2 is 1.74 bits per heavy atom. The summed E-state index contributed by atoms with van der Waals surface area (Å²) in [7, 11) is -3.61. The van der Waals surface area contributed by atoms with Crippen LogP contribution in [-0.2, 0) is 14.8 Å². The number of H-pyrrole nitrogens is 1. The fourth-order valence-corrected chi connectivity index (χ4v) is 6.08. The van der Waals surface area contributed by atoms with Crippen LogP contribution >= 0.6 is 12.2 Å². The molecule has 5 rings (SSSR count). The quantitative estimate of drug-likeness (QED) is 0.395. The van der Waals surface area contributed by atoms with E-state index < -0.39 is 10.0 Å². The van der Waals surface area contributed by atoms with Gasteiger partial charge in [0.2, 0.25) is 15.9 Å². The smallest absolute Gasteiger partial charge is 0.243 e. The van der Waals surface area contributed by atoms with Crippen LogP contribution in [0.25, 0.3) is 16.5 Å². The molecule has 174 valence electrons. The molecule has 0 radical (unpaired) electrons. The van der Waals surface area contributed by atoms with Crippen molar-refractivity contribution in [2.45, 2.75) is 17.7 Å². The van der Waals surface area contributed by atoms with Crippen LogP contribution in [0.15, 0.2) is 84.0 Å². The van der Waals surface area contributed by atoms with Crippen LogP contribution in [0.4, 0.5) is 5.69 Å². The molecule has 2 N–H and O–H groups in total. The molecule has 1 fully saturated rings. The van der Waals surface area contributed by atoms with E-state index in [0.717, 1.165) is 16.5 Å². The highest BCUT2D eigenvalue weighted by Gasteiger charge is 2.32. The minimum atomic E-state index is -3.61. The number of imidazole rings is 1. The van der Waals surface area contributed by atoms with Crippen LogP contribution in [0.2, 0.25) is 0 Å². The first-order valence-electron chi connectivity index (χ1n) is 11.1. The fourth-order valence-electron chi connectivity index (χ4n) is 4.34. The maximum absolute atomic E-state index is 13.2. The van der Waals surface area contributed by atoms with Crippen molar-refractivity contribution in [1.82, 2.24) is 13.9 Å². The van der Waals surface area contributed by atoms with Gasteiger partial charge < -0.3 is 10.3 Å². The molecule has 0 atom stereocenters. The number of hydrogen-bond acceptors (Lipinski definition) is 4. The number of sulfonamides is 1. The summed E-state index contributed by atoms with van der Waals surface area (Å²) in [6.07, 6.45) is 4.53. The molecular weight excluding hydrogens is 468 g/mol. The van der Waals surface area contributed by atoms with Gasteiger partial charge in [-0.25, -0.2) is 8.42 Å². The van der Waals surface area contributed by atoms with Gasteiger partial charge in [0.25, 0.3) is 0 Å². The van der Waals surface area contributed by atoms with Crippen molar-refractivity contribution in [2.24, 2.45) is 5.92 Å². The van der Waals surface area contributed by atoms with E-state index in [-0.39, 0.29) is 16.7 Å². The van der Waals surface area contributed by atoms with Gasteiger partial charge in [-0.1, -0.05) is 36.4 Å². The van der Waals surface area contributed by atoms with Gasteiger partial charge >= 0.3 is 0 Å². The van der Waals surface area contributed by atoms with Gasteiger partial charge in [0.05, 0.1) is 4.90 Å². The molecule has 1 saturated heterocycles. The highest BCUT2D eigenvalue weighted by Crippen LogP contribution is 2.27. The molecule has 34 heavy (non-hydrogen) atoms. The molecule has 1 aromatic heterocycles. The number of benzene rings is 3. The molecule has 0 aliphatic carbocycles. The van der Waals surface area contributed by atoms with Crippen molar-refractivity contribution in [2.75, 3.05) is 18.4 Å². The Balaban J connectivity index is 1.24. The molecule has 0 bridgehead atoms. The lowest BCUT2D eigenvalue weighted by Gasteiger charge is -2.30. The van der Waals surface area contributed by atoms with Crippen molar-refractivity contribution in [3.63, 3.8) is 0 Å². The Morgan fingerprint density at radius 3 is 2.47 bits per heavy atom. The second-order valence-corrected chi connectivity index (χ2v) is 10.7. The minimum absolute atomic E-state index is 0.0995. The number of anilines is 1. The molecule has 7 nitrogen and oxygen atoms in total. The van der Waals surface area contributed by atoms with Crippen LogP contribution in [0, 0.1) is 10.7 Å². The highest BCUT2D eigenvalue weighted by atomic mass is 32.2. The lowest BCUT2D eigenvalue weighted by atomic mass is 9.97. The monoisotopic (exact) mass is 492 g/mol. The number of amides is 1. The van der Waals surface area contributed by atoms with Gasteiger partial charge in [-0.05, 0) is 66.2 Å². The third kappa shape index (κ3) is 4.42. The normalized spacial score (nSPS) is 15.4. The second kappa shape index (κ2) is 9.17. The average molecular weight is 493 g/mol. The summed E-state index contributed by atoms with van der Waals surface area (Å²) in [6.45, 7) is 0.623. The Labute approximate surface area is 203 Å². The number of hydrogen-bond donors (Lipinski definition) is 2. The maximum Gasteiger partial charge on any atom is 0.243 e. The van der Waals surface area contributed by atoms with Crippen LogP contribution in [-0.4, -0.2) is 41.3 Å².